The fraction of sp³-hybridized carbons (Fsp3) is 0.364. The Morgan fingerprint density at radius 2 is 2.29 bits per heavy atom. The van der Waals surface area contributed by atoms with Crippen molar-refractivity contribution in [2.24, 2.45) is 5.11 Å². The number of benzene rings is 1. The van der Waals surface area contributed by atoms with Crippen LogP contribution in [0.5, 0.6) is 0 Å². The predicted octanol–water partition coefficient (Wildman–Crippen LogP) is 2.02. The van der Waals surface area contributed by atoms with E-state index in [0.29, 0.717) is 6.54 Å². The first-order valence-corrected chi connectivity index (χ1v) is 5.19. The van der Waals surface area contributed by atoms with Gasteiger partial charge < -0.3 is 10.4 Å². The van der Waals surface area contributed by atoms with Crippen molar-refractivity contribution >= 4 is 5.97 Å². The molecule has 0 aromatic heterocycles. The van der Waals surface area contributed by atoms with Gasteiger partial charge >= 0.3 is 5.97 Å². The minimum atomic E-state index is -0.944. The van der Waals surface area contributed by atoms with Gasteiger partial charge in [0, 0.05) is 18.0 Å². The van der Waals surface area contributed by atoms with E-state index in [9.17, 15) is 4.79 Å². The summed E-state index contributed by atoms with van der Waals surface area (Å²) in [6.45, 7) is 2.42. The van der Waals surface area contributed by atoms with Gasteiger partial charge in [-0.2, -0.15) is 0 Å². The molecule has 0 bridgehead atoms. The molecule has 0 fully saturated rings. The summed E-state index contributed by atoms with van der Waals surface area (Å²) in [6.07, 6.45) is 0. The molecule has 0 radical (unpaired) electrons. The lowest BCUT2D eigenvalue weighted by molar-refractivity contribution is -0.139. The molecule has 0 amide bonds. The third-order valence-electron chi connectivity index (χ3n) is 2.37. The van der Waals surface area contributed by atoms with Crippen molar-refractivity contribution in [2.45, 2.75) is 13.0 Å². The van der Waals surface area contributed by atoms with Crippen LogP contribution in [0.15, 0.2) is 29.4 Å². The molecule has 0 aliphatic carbocycles. The van der Waals surface area contributed by atoms with Crippen molar-refractivity contribution in [1.82, 2.24) is 5.32 Å². The molecule has 1 atom stereocenters. The maximum absolute atomic E-state index is 11.1. The lowest BCUT2D eigenvalue weighted by Gasteiger charge is -2.16. The first kappa shape index (κ1) is 13.0. The molecule has 6 heteroatoms. The Bertz CT molecular complexity index is 441. The topological polar surface area (TPSA) is 98.1 Å². The summed E-state index contributed by atoms with van der Waals surface area (Å²) in [6, 6.07) is 6.52. The Hall–Kier alpha value is -2.04. The molecule has 0 saturated carbocycles. The summed E-state index contributed by atoms with van der Waals surface area (Å²) in [7, 11) is 0. The van der Waals surface area contributed by atoms with Crippen LogP contribution < -0.4 is 5.32 Å². The summed E-state index contributed by atoms with van der Waals surface area (Å²) in [5.41, 5.74) is 9.75. The first-order chi connectivity index (χ1) is 8.16. The maximum atomic E-state index is 11.1. The molecule has 1 unspecified atom stereocenters. The summed E-state index contributed by atoms with van der Waals surface area (Å²) in [5, 5.41) is 15.3. The molecule has 17 heavy (non-hydrogen) atoms. The molecule has 90 valence electrons. The minimum absolute atomic E-state index is 0.228. The molecule has 0 heterocycles. The van der Waals surface area contributed by atoms with Crippen molar-refractivity contribution in [3.8, 4) is 0 Å². The Labute approximate surface area is 98.9 Å². The number of hydrogen-bond acceptors (Lipinski definition) is 3. The van der Waals surface area contributed by atoms with Crippen molar-refractivity contribution in [3.63, 3.8) is 0 Å². The predicted molar refractivity (Wildman–Crippen MR) is 63.6 cm³/mol. The van der Waals surface area contributed by atoms with Crippen LogP contribution >= 0.6 is 0 Å². The zero-order valence-electron chi connectivity index (χ0n) is 9.50. The van der Waals surface area contributed by atoms with Crippen LogP contribution in [0.25, 0.3) is 10.4 Å². The van der Waals surface area contributed by atoms with Gasteiger partial charge in [-0.15, -0.1) is 0 Å². The van der Waals surface area contributed by atoms with Gasteiger partial charge in [0.1, 0.15) is 6.04 Å². The SMILES string of the molecule is Cc1ccccc1C(NCCN=[N+]=[N-])C(=O)O. The molecule has 0 aliphatic rings. The van der Waals surface area contributed by atoms with Gasteiger partial charge in [-0.3, -0.25) is 4.79 Å². The number of rotatable bonds is 6. The van der Waals surface area contributed by atoms with Crippen molar-refractivity contribution in [1.29, 1.82) is 0 Å². The highest BCUT2D eigenvalue weighted by Crippen LogP contribution is 2.17. The average molecular weight is 234 g/mol. The molecular weight excluding hydrogens is 220 g/mol. The van der Waals surface area contributed by atoms with Crippen LogP contribution in [-0.2, 0) is 4.79 Å². The van der Waals surface area contributed by atoms with Crippen LogP contribution in [0, 0.1) is 6.92 Å². The van der Waals surface area contributed by atoms with E-state index in [0.717, 1.165) is 11.1 Å². The zero-order valence-corrected chi connectivity index (χ0v) is 9.50. The maximum Gasteiger partial charge on any atom is 0.325 e. The smallest absolute Gasteiger partial charge is 0.325 e. The number of carbonyl (C=O) groups is 1. The van der Waals surface area contributed by atoms with Gasteiger partial charge in [0.25, 0.3) is 0 Å². The van der Waals surface area contributed by atoms with Gasteiger partial charge in [-0.25, -0.2) is 0 Å². The second-order valence-electron chi connectivity index (χ2n) is 3.54. The van der Waals surface area contributed by atoms with Crippen LogP contribution in [-0.4, -0.2) is 24.2 Å². The third-order valence-corrected chi connectivity index (χ3v) is 2.37. The number of nitrogens with zero attached hydrogens (tertiary/aromatic N) is 3. The second kappa shape index (κ2) is 6.52. The third kappa shape index (κ3) is 3.79. The molecule has 6 nitrogen and oxygen atoms in total. The molecular formula is C11H14N4O2. The van der Waals surface area contributed by atoms with E-state index in [2.05, 4.69) is 15.3 Å². The molecule has 1 aromatic carbocycles. The first-order valence-electron chi connectivity index (χ1n) is 5.19. The molecule has 0 aliphatic heterocycles. The number of aryl methyl sites for hydroxylation is 1. The number of carboxylic acid groups (broad SMARTS) is 1. The molecule has 0 saturated heterocycles. The van der Waals surface area contributed by atoms with Crippen molar-refractivity contribution < 1.29 is 9.90 Å². The second-order valence-corrected chi connectivity index (χ2v) is 3.54. The van der Waals surface area contributed by atoms with Gasteiger partial charge in [0.2, 0.25) is 0 Å². The summed E-state index contributed by atoms with van der Waals surface area (Å²) in [5.74, 6) is -0.944. The van der Waals surface area contributed by atoms with E-state index >= 15 is 0 Å². The van der Waals surface area contributed by atoms with Gasteiger partial charge in [0.15, 0.2) is 0 Å². The van der Waals surface area contributed by atoms with E-state index in [-0.39, 0.29) is 6.54 Å². The fourth-order valence-corrected chi connectivity index (χ4v) is 1.54. The number of azide groups is 1. The van der Waals surface area contributed by atoms with Crippen LogP contribution in [0.4, 0.5) is 0 Å². The molecule has 0 spiro atoms. The minimum Gasteiger partial charge on any atom is -0.480 e. The summed E-state index contributed by atoms with van der Waals surface area (Å²) >= 11 is 0. The Morgan fingerprint density at radius 3 is 2.88 bits per heavy atom. The Kier molecular flexibility index (Phi) is 5.00. The number of aliphatic carboxylic acids is 1. The lowest BCUT2D eigenvalue weighted by atomic mass is 10.0. The summed E-state index contributed by atoms with van der Waals surface area (Å²) in [4.78, 5) is 13.8. The van der Waals surface area contributed by atoms with E-state index in [1.165, 1.54) is 0 Å². The van der Waals surface area contributed by atoms with Gasteiger partial charge in [-0.1, -0.05) is 29.4 Å². The largest absolute Gasteiger partial charge is 0.480 e. The molecule has 1 rings (SSSR count). The van der Waals surface area contributed by atoms with Crippen molar-refractivity contribution in [2.75, 3.05) is 13.1 Å². The van der Waals surface area contributed by atoms with Crippen LogP contribution in [0.3, 0.4) is 0 Å². The number of nitrogens with one attached hydrogen (secondary N) is 1. The highest BCUT2D eigenvalue weighted by molar-refractivity contribution is 5.76. The van der Waals surface area contributed by atoms with E-state index in [4.69, 9.17) is 10.6 Å². The molecule has 2 N–H and O–H groups in total. The number of hydrogen-bond donors (Lipinski definition) is 2. The average Bonchev–Trinajstić information content (AvgIpc) is 2.30. The lowest BCUT2D eigenvalue weighted by Crippen LogP contribution is -2.30. The highest BCUT2D eigenvalue weighted by atomic mass is 16.4. The van der Waals surface area contributed by atoms with E-state index < -0.39 is 12.0 Å². The summed E-state index contributed by atoms with van der Waals surface area (Å²) < 4.78 is 0. The zero-order chi connectivity index (χ0) is 12.7. The van der Waals surface area contributed by atoms with E-state index in [1.807, 2.05) is 19.1 Å². The van der Waals surface area contributed by atoms with E-state index in [1.54, 1.807) is 12.1 Å². The van der Waals surface area contributed by atoms with Gasteiger partial charge in [0.05, 0.1) is 0 Å². The van der Waals surface area contributed by atoms with Crippen LogP contribution in [0.2, 0.25) is 0 Å². The van der Waals surface area contributed by atoms with Gasteiger partial charge in [-0.05, 0) is 23.6 Å². The monoisotopic (exact) mass is 234 g/mol. The fourth-order valence-electron chi connectivity index (χ4n) is 1.54. The standard InChI is InChI=1S/C11H14N4O2/c1-8-4-2-3-5-9(8)10(11(16)17)13-6-7-14-15-12/h2-5,10,13H,6-7H2,1H3,(H,16,17). The number of carboxylic acids is 1. The Morgan fingerprint density at radius 1 is 1.59 bits per heavy atom. The highest BCUT2D eigenvalue weighted by Gasteiger charge is 2.19. The Balaban J connectivity index is 2.76. The van der Waals surface area contributed by atoms with Crippen LogP contribution in [0.1, 0.15) is 17.2 Å². The normalized spacial score (nSPS) is 11.6. The molecule has 1 aromatic rings. The van der Waals surface area contributed by atoms with Crippen molar-refractivity contribution in [3.05, 3.63) is 45.8 Å². The quantitative estimate of drug-likeness (QED) is 0.341.